The highest BCUT2D eigenvalue weighted by Gasteiger charge is 2.44. The third kappa shape index (κ3) is 2.75. The maximum absolute atomic E-state index is 12.2. The predicted molar refractivity (Wildman–Crippen MR) is 89.5 cm³/mol. The maximum Gasteiger partial charge on any atom is 0.325 e. The molecule has 2 aromatic rings. The van der Waals surface area contributed by atoms with Gasteiger partial charge in [0.1, 0.15) is 5.54 Å². The number of carbonyl (C=O) groups excluding carboxylic acids is 2. The largest absolute Gasteiger partial charge is 0.389 e. The van der Waals surface area contributed by atoms with Crippen molar-refractivity contribution in [2.75, 3.05) is 6.54 Å². The summed E-state index contributed by atoms with van der Waals surface area (Å²) < 4.78 is 1.84. The molecule has 3 rings (SSSR count). The number of hydrogen-bond donors (Lipinski definition) is 2. The molecule has 3 amide bonds. The molecule has 1 atom stereocenters. The maximum atomic E-state index is 12.2. The first kappa shape index (κ1) is 16.4. The topological polar surface area (TPSA) is 87.5 Å². The van der Waals surface area contributed by atoms with Gasteiger partial charge in [-0.25, -0.2) is 9.78 Å². The van der Waals surface area contributed by atoms with Crippen LogP contribution in [0.5, 0.6) is 0 Å². The van der Waals surface area contributed by atoms with Gasteiger partial charge in [0.05, 0.1) is 36.6 Å². The minimum Gasteiger partial charge on any atom is -0.389 e. The molecule has 2 heterocycles. The summed E-state index contributed by atoms with van der Waals surface area (Å²) in [6.45, 7) is 7.57. The molecule has 0 unspecified atom stereocenters. The number of fused-ring (bicyclic) bond motifs is 1. The lowest BCUT2D eigenvalue weighted by Gasteiger charge is -2.19. The molecule has 1 aromatic heterocycles. The molecule has 7 heteroatoms. The summed E-state index contributed by atoms with van der Waals surface area (Å²) >= 11 is 0. The van der Waals surface area contributed by atoms with Crippen molar-refractivity contribution in [2.24, 2.45) is 0 Å². The highest BCUT2D eigenvalue weighted by atomic mass is 16.3. The molecule has 0 saturated carbocycles. The van der Waals surface area contributed by atoms with Crippen LogP contribution in [0.2, 0.25) is 0 Å². The fraction of sp³-hybridized carbons (Fsp3) is 0.471. The van der Waals surface area contributed by atoms with E-state index < -0.39 is 17.7 Å². The molecule has 0 aliphatic carbocycles. The number of nitrogens with one attached hydrogen (secondary N) is 1. The number of imidazole rings is 1. The zero-order valence-electron chi connectivity index (χ0n) is 14.3. The number of rotatable bonds is 4. The van der Waals surface area contributed by atoms with Crippen LogP contribution in [0.3, 0.4) is 0 Å². The van der Waals surface area contributed by atoms with Crippen LogP contribution in [-0.2, 0) is 11.3 Å². The van der Waals surface area contributed by atoms with Gasteiger partial charge < -0.3 is 15.0 Å². The number of imide groups is 1. The fourth-order valence-electron chi connectivity index (χ4n) is 2.94. The smallest absolute Gasteiger partial charge is 0.325 e. The first-order chi connectivity index (χ1) is 11.2. The summed E-state index contributed by atoms with van der Waals surface area (Å²) in [6, 6.07) is 3.57. The number of benzene rings is 1. The first-order valence-electron chi connectivity index (χ1n) is 7.93. The Kier molecular flexibility index (Phi) is 3.83. The van der Waals surface area contributed by atoms with Crippen molar-refractivity contribution in [1.29, 1.82) is 0 Å². The summed E-state index contributed by atoms with van der Waals surface area (Å²) in [6.07, 6.45) is 0.801. The lowest BCUT2D eigenvalue weighted by molar-refractivity contribution is -0.131. The van der Waals surface area contributed by atoms with E-state index in [0.29, 0.717) is 0 Å². The van der Waals surface area contributed by atoms with Crippen LogP contribution in [0.15, 0.2) is 18.5 Å². The lowest BCUT2D eigenvalue weighted by atomic mass is 10.1. The minimum absolute atomic E-state index is 0.0430. The predicted octanol–water partition coefficient (Wildman–Crippen LogP) is 1.34. The number of aryl methyl sites for hydroxylation is 2. The summed E-state index contributed by atoms with van der Waals surface area (Å²) in [7, 11) is 0. The Balaban J connectivity index is 1.76. The Morgan fingerprint density at radius 2 is 1.88 bits per heavy atom. The van der Waals surface area contributed by atoms with Gasteiger partial charge in [-0.3, -0.25) is 9.69 Å². The van der Waals surface area contributed by atoms with Gasteiger partial charge in [0.2, 0.25) is 0 Å². The van der Waals surface area contributed by atoms with Gasteiger partial charge in [-0.05, 0) is 51.0 Å². The molecule has 24 heavy (non-hydrogen) atoms. The third-order valence-electron chi connectivity index (χ3n) is 4.48. The molecule has 1 aromatic carbocycles. The summed E-state index contributed by atoms with van der Waals surface area (Å²) in [5, 5.41) is 13.0. The zero-order valence-corrected chi connectivity index (χ0v) is 14.3. The van der Waals surface area contributed by atoms with E-state index in [4.69, 9.17) is 0 Å². The Bertz CT molecular complexity index is 825. The number of carbonyl (C=O) groups is 2. The van der Waals surface area contributed by atoms with E-state index >= 15 is 0 Å². The van der Waals surface area contributed by atoms with E-state index in [0.717, 1.165) is 27.1 Å². The number of aliphatic hydroxyl groups is 1. The molecule has 0 bridgehead atoms. The number of amides is 3. The molecule has 0 spiro atoms. The number of aliphatic hydroxyl groups excluding tert-OH is 1. The standard InChI is InChI=1S/C17H22N4O3/c1-10-5-13-14(6-11(10)2)20(9-18-13)7-12(22)8-21-15(23)17(3,4)19-16(21)24/h5-6,9,12,22H,7-8H2,1-4H3,(H,19,24)/t12-/m1/s1. The Labute approximate surface area is 140 Å². The number of β-amino-alcohol motifs (C(OH)–C–C–N with tert-alkyl or cyclic N) is 1. The van der Waals surface area contributed by atoms with Crippen molar-refractivity contribution in [3.63, 3.8) is 0 Å². The average molecular weight is 330 g/mol. The van der Waals surface area contributed by atoms with Gasteiger partial charge in [0, 0.05) is 0 Å². The molecule has 128 valence electrons. The summed E-state index contributed by atoms with van der Waals surface area (Å²) in [4.78, 5) is 29.5. The second-order valence-electron chi connectivity index (χ2n) is 6.95. The van der Waals surface area contributed by atoms with Crippen LogP contribution in [0.4, 0.5) is 4.79 Å². The van der Waals surface area contributed by atoms with Crippen molar-refractivity contribution >= 4 is 23.0 Å². The van der Waals surface area contributed by atoms with E-state index in [2.05, 4.69) is 10.3 Å². The fourth-order valence-corrected chi connectivity index (χ4v) is 2.94. The Morgan fingerprint density at radius 3 is 2.50 bits per heavy atom. The number of nitrogens with zero attached hydrogens (tertiary/aromatic N) is 3. The number of urea groups is 1. The first-order valence-corrected chi connectivity index (χ1v) is 7.93. The monoisotopic (exact) mass is 330 g/mol. The van der Waals surface area contributed by atoms with E-state index in [1.807, 2.05) is 30.5 Å². The van der Waals surface area contributed by atoms with Crippen LogP contribution in [0.25, 0.3) is 11.0 Å². The van der Waals surface area contributed by atoms with Gasteiger partial charge in [0.25, 0.3) is 5.91 Å². The van der Waals surface area contributed by atoms with Gasteiger partial charge in [-0.15, -0.1) is 0 Å². The van der Waals surface area contributed by atoms with Crippen molar-refractivity contribution in [2.45, 2.75) is 45.9 Å². The summed E-state index contributed by atoms with van der Waals surface area (Å²) in [5.74, 6) is -0.325. The Morgan fingerprint density at radius 1 is 1.21 bits per heavy atom. The van der Waals surface area contributed by atoms with Crippen LogP contribution in [0, 0.1) is 13.8 Å². The van der Waals surface area contributed by atoms with Crippen LogP contribution in [-0.4, -0.2) is 49.7 Å². The van der Waals surface area contributed by atoms with Gasteiger partial charge in [-0.1, -0.05) is 0 Å². The van der Waals surface area contributed by atoms with Crippen molar-refractivity contribution < 1.29 is 14.7 Å². The number of hydrogen-bond acceptors (Lipinski definition) is 4. The van der Waals surface area contributed by atoms with E-state index in [1.165, 1.54) is 0 Å². The normalized spacial score (nSPS) is 18.3. The van der Waals surface area contributed by atoms with E-state index in [-0.39, 0.29) is 19.0 Å². The van der Waals surface area contributed by atoms with Crippen LogP contribution < -0.4 is 5.32 Å². The van der Waals surface area contributed by atoms with Gasteiger partial charge >= 0.3 is 6.03 Å². The number of aromatic nitrogens is 2. The van der Waals surface area contributed by atoms with Crippen LogP contribution >= 0.6 is 0 Å². The molecule has 1 saturated heterocycles. The van der Waals surface area contributed by atoms with Crippen molar-refractivity contribution in [3.05, 3.63) is 29.6 Å². The third-order valence-corrected chi connectivity index (χ3v) is 4.48. The quantitative estimate of drug-likeness (QED) is 0.828. The van der Waals surface area contributed by atoms with Crippen LogP contribution in [0.1, 0.15) is 25.0 Å². The lowest BCUT2D eigenvalue weighted by Crippen LogP contribution is -2.42. The van der Waals surface area contributed by atoms with E-state index in [1.54, 1.807) is 20.2 Å². The molecule has 1 aliphatic rings. The molecular weight excluding hydrogens is 308 g/mol. The van der Waals surface area contributed by atoms with Gasteiger partial charge in [0.15, 0.2) is 0 Å². The Hall–Kier alpha value is -2.41. The second-order valence-corrected chi connectivity index (χ2v) is 6.95. The van der Waals surface area contributed by atoms with Crippen molar-refractivity contribution in [3.8, 4) is 0 Å². The zero-order chi connectivity index (χ0) is 17.6. The molecular formula is C17H22N4O3. The molecule has 7 nitrogen and oxygen atoms in total. The molecule has 0 radical (unpaired) electrons. The van der Waals surface area contributed by atoms with Crippen molar-refractivity contribution in [1.82, 2.24) is 19.8 Å². The van der Waals surface area contributed by atoms with Gasteiger partial charge in [-0.2, -0.15) is 0 Å². The van der Waals surface area contributed by atoms with E-state index in [9.17, 15) is 14.7 Å². The highest BCUT2D eigenvalue weighted by molar-refractivity contribution is 6.06. The summed E-state index contributed by atoms with van der Waals surface area (Å²) in [5.41, 5.74) is 3.17. The minimum atomic E-state index is -0.923. The average Bonchev–Trinajstić information content (AvgIpc) is 2.93. The SMILES string of the molecule is Cc1cc2ncn(C[C@@H](O)CN3C(=O)NC(C)(C)C3=O)c2cc1C. The molecule has 1 aliphatic heterocycles. The highest BCUT2D eigenvalue weighted by Crippen LogP contribution is 2.20. The molecule has 2 N–H and O–H groups in total. The second kappa shape index (κ2) is 5.59. The molecule has 1 fully saturated rings.